The summed E-state index contributed by atoms with van der Waals surface area (Å²) in [6, 6.07) is 14.9. The summed E-state index contributed by atoms with van der Waals surface area (Å²) in [5.74, 6) is 1.08. The largest absolute Gasteiger partial charge is 0.493 e. The van der Waals surface area contributed by atoms with Gasteiger partial charge in [0.05, 0.1) is 37.6 Å². The second-order valence-corrected chi connectivity index (χ2v) is 6.47. The summed E-state index contributed by atoms with van der Waals surface area (Å²) in [6.07, 6.45) is 0. The zero-order valence-electron chi connectivity index (χ0n) is 16.5. The number of ether oxygens (including phenoxy) is 3. The van der Waals surface area contributed by atoms with E-state index in [1.807, 2.05) is 49.4 Å². The van der Waals surface area contributed by atoms with Crippen molar-refractivity contribution < 1.29 is 19.0 Å². The normalized spacial score (nSPS) is 11.9. The summed E-state index contributed by atoms with van der Waals surface area (Å²) in [6.45, 7) is 2.34. The Labute approximate surface area is 164 Å². The van der Waals surface area contributed by atoms with Gasteiger partial charge in [-0.2, -0.15) is 0 Å². The monoisotopic (exact) mass is 380 g/mol. The Balaban J connectivity index is 2.09. The summed E-state index contributed by atoms with van der Waals surface area (Å²) in [4.78, 5) is 17.6. The summed E-state index contributed by atoms with van der Waals surface area (Å²) in [7, 11) is 4.79. The van der Waals surface area contributed by atoms with Gasteiger partial charge < -0.3 is 19.5 Å². The molecule has 6 nitrogen and oxygen atoms in total. The van der Waals surface area contributed by atoms with Crippen LogP contribution in [0.1, 0.15) is 17.3 Å². The van der Waals surface area contributed by atoms with Crippen molar-refractivity contribution in [1.82, 2.24) is 10.3 Å². The summed E-state index contributed by atoms with van der Waals surface area (Å²) < 4.78 is 15.8. The molecule has 0 radical (unpaired) electrons. The molecule has 2 aromatic carbocycles. The molecular weight excluding hydrogens is 356 g/mol. The van der Waals surface area contributed by atoms with Gasteiger partial charge in [-0.15, -0.1) is 0 Å². The predicted octanol–water partition coefficient (Wildman–Crippen LogP) is 3.68. The third-order valence-corrected chi connectivity index (χ3v) is 4.43. The van der Waals surface area contributed by atoms with E-state index in [4.69, 9.17) is 19.2 Å². The Morgan fingerprint density at radius 3 is 2.50 bits per heavy atom. The van der Waals surface area contributed by atoms with Crippen molar-refractivity contribution in [2.24, 2.45) is 0 Å². The second-order valence-electron chi connectivity index (χ2n) is 6.47. The van der Waals surface area contributed by atoms with Gasteiger partial charge in [-0.05, 0) is 37.3 Å². The molecule has 1 unspecified atom stereocenters. The zero-order valence-corrected chi connectivity index (χ0v) is 16.5. The molecule has 1 heterocycles. The van der Waals surface area contributed by atoms with E-state index >= 15 is 0 Å². The average molecular weight is 380 g/mol. The minimum absolute atomic E-state index is 0.103. The third-order valence-electron chi connectivity index (χ3n) is 4.43. The van der Waals surface area contributed by atoms with Crippen LogP contribution in [0, 0.1) is 0 Å². The number of amides is 1. The molecule has 0 aliphatic heterocycles. The molecule has 0 aliphatic rings. The molecule has 0 saturated heterocycles. The average Bonchev–Trinajstić information content (AvgIpc) is 2.72. The quantitative estimate of drug-likeness (QED) is 0.677. The van der Waals surface area contributed by atoms with Crippen LogP contribution >= 0.6 is 0 Å². The second kappa shape index (κ2) is 8.71. The lowest BCUT2D eigenvalue weighted by Gasteiger charge is -2.15. The van der Waals surface area contributed by atoms with E-state index in [1.54, 1.807) is 27.4 Å². The number of nitrogens with zero attached hydrogens (tertiary/aromatic N) is 1. The van der Waals surface area contributed by atoms with E-state index in [2.05, 4.69) is 5.32 Å². The summed E-state index contributed by atoms with van der Waals surface area (Å²) in [5.41, 5.74) is 2.84. The highest BCUT2D eigenvalue weighted by Crippen LogP contribution is 2.33. The van der Waals surface area contributed by atoms with E-state index < -0.39 is 0 Å². The molecule has 0 fully saturated rings. The number of aromatic nitrogens is 1. The number of methoxy groups -OCH3 is 3. The lowest BCUT2D eigenvalue weighted by Crippen LogP contribution is -2.35. The van der Waals surface area contributed by atoms with Crippen molar-refractivity contribution in [3.05, 3.63) is 54.1 Å². The van der Waals surface area contributed by atoms with Crippen molar-refractivity contribution in [2.75, 3.05) is 27.9 Å². The number of hydrogen-bond acceptors (Lipinski definition) is 5. The molecule has 6 heteroatoms. The molecule has 146 valence electrons. The number of fused-ring (bicyclic) bond motifs is 1. The van der Waals surface area contributed by atoms with Gasteiger partial charge in [0, 0.05) is 24.1 Å². The standard InChI is InChI=1S/C22H24N2O4/c1-14(13-26-2)23-22(25)17-12-19(24-18-8-6-5-7-16(17)18)15-9-10-20(27-3)21(11-15)28-4/h5-12,14H,13H2,1-4H3,(H,23,25). The molecule has 1 aromatic heterocycles. The molecule has 3 rings (SSSR count). The van der Waals surface area contributed by atoms with Gasteiger partial charge in [0.1, 0.15) is 0 Å². The van der Waals surface area contributed by atoms with Gasteiger partial charge in [0.25, 0.3) is 5.91 Å². The van der Waals surface area contributed by atoms with Gasteiger partial charge in [0.2, 0.25) is 0 Å². The minimum atomic E-state index is -0.162. The van der Waals surface area contributed by atoms with Crippen LogP contribution in [-0.4, -0.2) is 44.9 Å². The first-order chi connectivity index (χ1) is 13.6. The van der Waals surface area contributed by atoms with Gasteiger partial charge in [-0.3, -0.25) is 4.79 Å². The smallest absolute Gasteiger partial charge is 0.252 e. The molecule has 28 heavy (non-hydrogen) atoms. The fourth-order valence-corrected chi connectivity index (χ4v) is 3.10. The number of rotatable bonds is 7. The molecule has 0 aliphatic carbocycles. The Kier molecular flexibility index (Phi) is 6.11. The van der Waals surface area contributed by atoms with E-state index in [0.29, 0.717) is 29.4 Å². The third kappa shape index (κ3) is 4.07. The molecule has 1 atom stereocenters. The fraction of sp³-hybridized carbons (Fsp3) is 0.273. The van der Waals surface area contributed by atoms with E-state index in [9.17, 15) is 4.79 Å². The molecular formula is C22H24N2O4. The zero-order chi connectivity index (χ0) is 20.1. The van der Waals surface area contributed by atoms with E-state index in [0.717, 1.165) is 16.5 Å². The number of benzene rings is 2. The molecule has 0 bridgehead atoms. The van der Waals surface area contributed by atoms with E-state index in [1.165, 1.54) is 0 Å². The van der Waals surface area contributed by atoms with Crippen LogP contribution in [0.2, 0.25) is 0 Å². The predicted molar refractivity (Wildman–Crippen MR) is 109 cm³/mol. The maximum absolute atomic E-state index is 12.9. The number of nitrogens with one attached hydrogen (secondary N) is 1. The molecule has 0 spiro atoms. The van der Waals surface area contributed by atoms with Crippen LogP contribution in [0.15, 0.2) is 48.5 Å². The Hall–Kier alpha value is -3.12. The lowest BCUT2D eigenvalue weighted by atomic mass is 10.0. The first kappa shape index (κ1) is 19.6. The van der Waals surface area contributed by atoms with Crippen LogP contribution in [0.3, 0.4) is 0 Å². The number of carbonyl (C=O) groups is 1. The van der Waals surface area contributed by atoms with Gasteiger partial charge in [-0.25, -0.2) is 4.98 Å². The first-order valence-corrected chi connectivity index (χ1v) is 8.99. The number of para-hydroxylation sites is 1. The molecule has 0 saturated carbocycles. The molecule has 3 aromatic rings. The van der Waals surface area contributed by atoms with Crippen LogP contribution in [-0.2, 0) is 4.74 Å². The number of pyridine rings is 1. The van der Waals surface area contributed by atoms with E-state index in [-0.39, 0.29) is 11.9 Å². The lowest BCUT2D eigenvalue weighted by molar-refractivity contribution is 0.0907. The molecule has 1 amide bonds. The van der Waals surface area contributed by atoms with Gasteiger partial charge in [0.15, 0.2) is 11.5 Å². The Bertz CT molecular complexity index is 987. The van der Waals surface area contributed by atoms with Crippen molar-refractivity contribution >= 4 is 16.8 Å². The minimum Gasteiger partial charge on any atom is -0.493 e. The van der Waals surface area contributed by atoms with Crippen LogP contribution < -0.4 is 14.8 Å². The summed E-state index contributed by atoms with van der Waals surface area (Å²) in [5, 5.41) is 3.77. The number of hydrogen-bond donors (Lipinski definition) is 1. The van der Waals surface area contributed by atoms with Crippen molar-refractivity contribution in [3.63, 3.8) is 0 Å². The first-order valence-electron chi connectivity index (χ1n) is 8.99. The van der Waals surface area contributed by atoms with Gasteiger partial charge in [-0.1, -0.05) is 18.2 Å². The van der Waals surface area contributed by atoms with Crippen LogP contribution in [0.5, 0.6) is 11.5 Å². The summed E-state index contributed by atoms with van der Waals surface area (Å²) >= 11 is 0. The highest BCUT2D eigenvalue weighted by Gasteiger charge is 2.16. The maximum Gasteiger partial charge on any atom is 0.252 e. The number of carbonyl (C=O) groups excluding carboxylic acids is 1. The Morgan fingerprint density at radius 2 is 1.79 bits per heavy atom. The molecule has 1 N–H and O–H groups in total. The van der Waals surface area contributed by atoms with Crippen molar-refractivity contribution in [2.45, 2.75) is 13.0 Å². The van der Waals surface area contributed by atoms with Crippen molar-refractivity contribution in [1.29, 1.82) is 0 Å². The highest BCUT2D eigenvalue weighted by molar-refractivity contribution is 6.07. The van der Waals surface area contributed by atoms with Crippen LogP contribution in [0.25, 0.3) is 22.2 Å². The highest BCUT2D eigenvalue weighted by atomic mass is 16.5. The topological polar surface area (TPSA) is 69.7 Å². The Morgan fingerprint density at radius 1 is 1.04 bits per heavy atom. The van der Waals surface area contributed by atoms with Gasteiger partial charge >= 0.3 is 0 Å². The SMILES string of the molecule is COCC(C)NC(=O)c1cc(-c2ccc(OC)c(OC)c2)nc2ccccc12. The van der Waals surface area contributed by atoms with Crippen LogP contribution in [0.4, 0.5) is 0 Å². The fourth-order valence-electron chi connectivity index (χ4n) is 3.10. The van der Waals surface area contributed by atoms with Crippen molar-refractivity contribution in [3.8, 4) is 22.8 Å². The maximum atomic E-state index is 12.9.